The molecule has 106 valence electrons. The Bertz CT molecular complexity index is 554. The number of halogens is 1. The summed E-state index contributed by atoms with van der Waals surface area (Å²) in [6, 6.07) is 8.21. The van der Waals surface area contributed by atoms with Crippen molar-refractivity contribution in [2.24, 2.45) is 0 Å². The summed E-state index contributed by atoms with van der Waals surface area (Å²) in [5.74, 6) is 0.834. The minimum Gasteiger partial charge on any atom is -0.381 e. The van der Waals surface area contributed by atoms with Gasteiger partial charge in [0.25, 0.3) is 0 Å². The number of rotatable bonds is 4. The van der Waals surface area contributed by atoms with Crippen LogP contribution in [0.15, 0.2) is 29.4 Å². The van der Waals surface area contributed by atoms with Crippen LogP contribution in [0.25, 0.3) is 0 Å². The topological polar surface area (TPSA) is 52.8 Å². The first-order valence-electron chi connectivity index (χ1n) is 6.56. The molecule has 1 aliphatic heterocycles. The number of benzene rings is 1. The van der Waals surface area contributed by atoms with Gasteiger partial charge in [0.1, 0.15) is 0 Å². The predicted molar refractivity (Wildman–Crippen MR) is 77.9 cm³/mol. The molecule has 0 atom stereocenters. The normalized spacial score (nSPS) is 16.4. The van der Waals surface area contributed by atoms with Crippen molar-refractivity contribution in [3.8, 4) is 0 Å². The molecule has 1 saturated heterocycles. The lowest BCUT2D eigenvalue weighted by molar-refractivity contribution is 0.0631. The van der Waals surface area contributed by atoms with E-state index in [2.05, 4.69) is 15.5 Å². The number of aromatic nitrogens is 4. The summed E-state index contributed by atoms with van der Waals surface area (Å²) in [7, 11) is 0. The quantitative estimate of drug-likeness (QED) is 0.813. The number of hydrogen-bond donors (Lipinski definition) is 0. The van der Waals surface area contributed by atoms with Gasteiger partial charge in [-0.1, -0.05) is 35.5 Å². The van der Waals surface area contributed by atoms with Gasteiger partial charge in [-0.3, -0.25) is 0 Å². The number of nitrogens with zero attached hydrogens (tertiary/aromatic N) is 4. The highest BCUT2D eigenvalue weighted by molar-refractivity contribution is 7.98. The lowest BCUT2D eigenvalue weighted by Gasteiger charge is -2.22. The lowest BCUT2D eigenvalue weighted by Crippen LogP contribution is -2.21. The highest BCUT2D eigenvalue weighted by Crippen LogP contribution is 2.27. The third kappa shape index (κ3) is 3.31. The van der Waals surface area contributed by atoms with Gasteiger partial charge in [-0.15, -0.1) is 5.10 Å². The van der Waals surface area contributed by atoms with Crippen LogP contribution in [-0.2, 0) is 10.5 Å². The average molecular weight is 311 g/mol. The Morgan fingerprint density at radius 1 is 1.25 bits per heavy atom. The van der Waals surface area contributed by atoms with Gasteiger partial charge in [0, 0.05) is 24.0 Å². The van der Waals surface area contributed by atoms with Crippen molar-refractivity contribution in [2.75, 3.05) is 13.2 Å². The van der Waals surface area contributed by atoms with Crippen LogP contribution < -0.4 is 0 Å². The van der Waals surface area contributed by atoms with Crippen molar-refractivity contribution in [3.05, 3.63) is 34.9 Å². The molecule has 0 unspecified atom stereocenters. The second-order valence-electron chi connectivity index (χ2n) is 4.66. The average Bonchev–Trinajstić information content (AvgIpc) is 2.96. The molecular weight excluding hydrogens is 296 g/mol. The molecule has 0 N–H and O–H groups in total. The van der Waals surface area contributed by atoms with Crippen molar-refractivity contribution >= 4 is 23.4 Å². The van der Waals surface area contributed by atoms with Crippen molar-refractivity contribution in [1.29, 1.82) is 0 Å². The molecule has 3 rings (SSSR count). The van der Waals surface area contributed by atoms with Crippen LogP contribution in [0.1, 0.15) is 24.4 Å². The molecule has 2 heterocycles. The molecule has 0 radical (unpaired) electrons. The van der Waals surface area contributed by atoms with E-state index >= 15 is 0 Å². The SMILES string of the molecule is Clc1ccc(CSc2nnnn2C2CCOCC2)cc1. The number of tetrazole rings is 1. The van der Waals surface area contributed by atoms with E-state index in [9.17, 15) is 0 Å². The molecule has 20 heavy (non-hydrogen) atoms. The van der Waals surface area contributed by atoms with Crippen molar-refractivity contribution in [3.63, 3.8) is 0 Å². The maximum atomic E-state index is 5.88. The minimum absolute atomic E-state index is 0.353. The molecule has 0 saturated carbocycles. The predicted octanol–water partition coefficient (Wildman–Crippen LogP) is 2.97. The van der Waals surface area contributed by atoms with Gasteiger partial charge >= 0.3 is 0 Å². The Morgan fingerprint density at radius 3 is 2.75 bits per heavy atom. The van der Waals surface area contributed by atoms with Gasteiger partial charge < -0.3 is 4.74 Å². The van der Waals surface area contributed by atoms with Crippen LogP contribution >= 0.6 is 23.4 Å². The van der Waals surface area contributed by atoms with Crippen molar-refractivity contribution < 1.29 is 4.74 Å². The zero-order valence-corrected chi connectivity index (χ0v) is 12.5. The molecular formula is C13H15ClN4OS. The summed E-state index contributed by atoms with van der Waals surface area (Å²) in [4.78, 5) is 0. The van der Waals surface area contributed by atoms with Gasteiger partial charge in [-0.2, -0.15) is 0 Å². The molecule has 1 fully saturated rings. The molecule has 0 spiro atoms. The standard InChI is InChI=1S/C13H15ClN4OS/c14-11-3-1-10(2-4-11)9-20-13-15-16-17-18(13)12-5-7-19-8-6-12/h1-4,12H,5-9H2. The maximum Gasteiger partial charge on any atom is 0.209 e. The van der Waals surface area contributed by atoms with Crippen LogP contribution in [0.5, 0.6) is 0 Å². The molecule has 0 bridgehead atoms. The van der Waals surface area contributed by atoms with Crippen molar-refractivity contribution in [2.45, 2.75) is 29.8 Å². The van der Waals surface area contributed by atoms with Crippen LogP contribution in [0.2, 0.25) is 5.02 Å². The van der Waals surface area contributed by atoms with Gasteiger partial charge in [-0.25, -0.2) is 4.68 Å². The minimum atomic E-state index is 0.353. The number of hydrogen-bond acceptors (Lipinski definition) is 5. The smallest absolute Gasteiger partial charge is 0.209 e. The first kappa shape index (κ1) is 13.9. The largest absolute Gasteiger partial charge is 0.381 e. The van der Waals surface area contributed by atoms with Gasteiger partial charge in [-0.05, 0) is 41.0 Å². The Balaban J connectivity index is 1.65. The van der Waals surface area contributed by atoms with E-state index in [-0.39, 0.29) is 0 Å². The van der Waals surface area contributed by atoms with Crippen LogP contribution in [0.4, 0.5) is 0 Å². The van der Waals surface area contributed by atoms with Crippen LogP contribution in [0.3, 0.4) is 0 Å². The third-order valence-corrected chi connectivity index (χ3v) is 4.54. The number of ether oxygens (including phenoxy) is 1. The second kappa shape index (κ2) is 6.56. The maximum absolute atomic E-state index is 5.88. The lowest BCUT2D eigenvalue weighted by atomic mass is 10.1. The van der Waals surface area contributed by atoms with Gasteiger partial charge in [0.05, 0.1) is 6.04 Å². The van der Waals surface area contributed by atoms with E-state index < -0.39 is 0 Å². The number of thioether (sulfide) groups is 1. The summed E-state index contributed by atoms with van der Waals surface area (Å²) in [6.07, 6.45) is 1.94. The highest BCUT2D eigenvalue weighted by Gasteiger charge is 2.20. The summed E-state index contributed by atoms with van der Waals surface area (Å²) in [5, 5.41) is 13.7. The van der Waals surface area contributed by atoms with Crippen LogP contribution in [-0.4, -0.2) is 33.4 Å². The monoisotopic (exact) mass is 310 g/mol. The Kier molecular flexibility index (Phi) is 4.54. The molecule has 5 nitrogen and oxygen atoms in total. The summed E-state index contributed by atoms with van der Waals surface area (Å²) in [6.45, 7) is 1.57. The van der Waals surface area contributed by atoms with Crippen molar-refractivity contribution in [1.82, 2.24) is 20.2 Å². The first-order chi connectivity index (χ1) is 9.83. The molecule has 7 heteroatoms. The van der Waals surface area contributed by atoms with E-state index in [1.807, 2.05) is 28.9 Å². The Morgan fingerprint density at radius 2 is 2.00 bits per heavy atom. The van der Waals surface area contributed by atoms with Gasteiger partial charge in [0.2, 0.25) is 5.16 Å². The van der Waals surface area contributed by atoms with E-state index in [4.69, 9.17) is 16.3 Å². The Hall–Kier alpha value is -1.11. The molecule has 1 aromatic carbocycles. The van der Waals surface area contributed by atoms with E-state index in [1.54, 1.807) is 11.8 Å². The fourth-order valence-corrected chi connectivity index (χ4v) is 3.19. The fraction of sp³-hybridized carbons (Fsp3) is 0.462. The molecule has 1 aromatic heterocycles. The molecule has 0 amide bonds. The van der Waals surface area contributed by atoms with Gasteiger partial charge in [0.15, 0.2) is 0 Å². The first-order valence-corrected chi connectivity index (χ1v) is 7.92. The zero-order chi connectivity index (χ0) is 13.8. The highest BCUT2D eigenvalue weighted by atomic mass is 35.5. The van der Waals surface area contributed by atoms with E-state index in [1.165, 1.54) is 5.56 Å². The Labute approximate surface area is 126 Å². The summed E-state index contributed by atoms with van der Waals surface area (Å²) in [5.41, 5.74) is 1.21. The molecule has 1 aliphatic rings. The second-order valence-corrected chi connectivity index (χ2v) is 6.04. The van der Waals surface area contributed by atoms with Crippen LogP contribution in [0, 0.1) is 0 Å². The zero-order valence-electron chi connectivity index (χ0n) is 10.9. The van der Waals surface area contributed by atoms with E-state index in [0.29, 0.717) is 6.04 Å². The molecule has 0 aliphatic carbocycles. The van der Waals surface area contributed by atoms with E-state index in [0.717, 1.165) is 42.0 Å². The fourth-order valence-electron chi connectivity index (χ4n) is 2.17. The summed E-state index contributed by atoms with van der Waals surface area (Å²) < 4.78 is 7.31. The third-order valence-electron chi connectivity index (χ3n) is 3.28. The molecule has 2 aromatic rings. The summed E-state index contributed by atoms with van der Waals surface area (Å²) >= 11 is 7.53.